The molecule has 0 unspecified atom stereocenters. The number of halogens is 1. The molecule has 2 rings (SSSR count). The van der Waals surface area contributed by atoms with E-state index < -0.39 is 15.6 Å². The van der Waals surface area contributed by atoms with Crippen LogP contribution in [0, 0.1) is 13.8 Å². The Labute approximate surface area is 163 Å². The highest BCUT2D eigenvalue weighted by Crippen LogP contribution is 2.22. The summed E-state index contributed by atoms with van der Waals surface area (Å²) < 4.78 is 28.6. The van der Waals surface area contributed by atoms with Crippen LogP contribution in [-0.4, -0.2) is 19.9 Å². The molecule has 140 valence electrons. The number of carbonyl (C=O) groups excluding carboxylic acids is 1. The van der Waals surface area contributed by atoms with Gasteiger partial charge in [-0.15, -0.1) is 0 Å². The van der Waals surface area contributed by atoms with Gasteiger partial charge in [-0.25, -0.2) is 13.1 Å². The number of hydrogen-bond acceptors (Lipinski definition) is 3. The number of hydrogen-bond donors (Lipinski definition) is 2. The van der Waals surface area contributed by atoms with Crippen LogP contribution in [0.5, 0.6) is 0 Å². The lowest BCUT2D eigenvalue weighted by atomic mass is 10.1. The fourth-order valence-electron chi connectivity index (χ4n) is 2.43. The Morgan fingerprint density at radius 1 is 1.00 bits per heavy atom. The Kier molecular flexibility index (Phi) is 5.95. The standard InChI is InChI=1S/C19H23BrN2O3S/c1-12-6-8-15(26(24,25)22-19(3,4)5)11-16(12)18(23)21-17-9-7-14(20)10-13(17)2/h6-11,22H,1-5H3,(H,21,23). The molecule has 0 aromatic heterocycles. The summed E-state index contributed by atoms with van der Waals surface area (Å²) in [6.45, 7) is 8.96. The van der Waals surface area contributed by atoms with E-state index in [4.69, 9.17) is 0 Å². The molecule has 0 fully saturated rings. The van der Waals surface area contributed by atoms with E-state index in [9.17, 15) is 13.2 Å². The van der Waals surface area contributed by atoms with Crippen LogP contribution >= 0.6 is 15.9 Å². The normalized spacial score (nSPS) is 12.1. The van der Waals surface area contributed by atoms with Crippen molar-refractivity contribution in [3.8, 4) is 0 Å². The summed E-state index contributed by atoms with van der Waals surface area (Å²) >= 11 is 3.39. The highest BCUT2D eigenvalue weighted by atomic mass is 79.9. The first-order chi connectivity index (χ1) is 11.9. The second-order valence-corrected chi connectivity index (χ2v) is 9.84. The molecule has 2 aromatic carbocycles. The van der Waals surface area contributed by atoms with Gasteiger partial charge in [-0.1, -0.05) is 22.0 Å². The molecule has 26 heavy (non-hydrogen) atoms. The molecule has 0 radical (unpaired) electrons. The van der Waals surface area contributed by atoms with Crippen LogP contribution in [0.1, 0.15) is 42.3 Å². The largest absolute Gasteiger partial charge is 0.322 e. The minimum absolute atomic E-state index is 0.0655. The summed E-state index contributed by atoms with van der Waals surface area (Å²) in [5, 5.41) is 2.85. The molecular formula is C19H23BrN2O3S. The minimum atomic E-state index is -3.71. The first kappa shape index (κ1) is 20.6. The monoisotopic (exact) mass is 438 g/mol. The van der Waals surface area contributed by atoms with Crippen LogP contribution in [0.4, 0.5) is 5.69 Å². The quantitative estimate of drug-likeness (QED) is 0.742. The van der Waals surface area contributed by atoms with Crippen molar-refractivity contribution in [2.75, 3.05) is 5.32 Å². The number of carbonyl (C=O) groups is 1. The number of sulfonamides is 1. The Morgan fingerprint density at radius 3 is 2.23 bits per heavy atom. The van der Waals surface area contributed by atoms with E-state index in [2.05, 4.69) is 26.0 Å². The SMILES string of the molecule is Cc1cc(Br)ccc1NC(=O)c1cc(S(=O)(=O)NC(C)(C)C)ccc1C. The summed E-state index contributed by atoms with van der Waals surface area (Å²) in [6.07, 6.45) is 0. The number of rotatable bonds is 4. The van der Waals surface area contributed by atoms with Gasteiger partial charge < -0.3 is 5.32 Å². The summed E-state index contributed by atoms with van der Waals surface area (Å²) in [4.78, 5) is 12.8. The van der Waals surface area contributed by atoms with Crippen LogP contribution < -0.4 is 10.0 Å². The molecule has 0 bridgehead atoms. The third-order valence-electron chi connectivity index (χ3n) is 3.64. The minimum Gasteiger partial charge on any atom is -0.322 e. The zero-order valence-corrected chi connectivity index (χ0v) is 17.9. The third-order valence-corrected chi connectivity index (χ3v) is 5.89. The molecular weight excluding hydrogens is 416 g/mol. The lowest BCUT2D eigenvalue weighted by molar-refractivity contribution is 0.102. The summed E-state index contributed by atoms with van der Waals surface area (Å²) in [7, 11) is -3.71. The maximum Gasteiger partial charge on any atom is 0.255 e. The van der Waals surface area contributed by atoms with Crippen molar-refractivity contribution in [1.82, 2.24) is 4.72 Å². The van der Waals surface area contributed by atoms with E-state index in [-0.39, 0.29) is 10.8 Å². The predicted octanol–water partition coefficient (Wildman–Crippen LogP) is 4.40. The first-order valence-electron chi connectivity index (χ1n) is 8.11. The summed E-state index contributed by atoms with van der Waals surface area (Å²) in [6, 6.07) is 10.1. The van der Waals surface area contributed by atoms with Crippen LogP contribution in [0.15, 0.2) is 45.8 Å². The zero-order chi connectivity index (χ0) is 19.7. The Hall–Kier alpha value is -1.70. The lowest BCUT2D eigenvalue weighted by Crippen LogP contribution is -2.40. The second-order valence-electron chi connectivity index (χ2n) is 7.25. The lowest BCUT2D eigenvalue weighted by Gasteiger charge is -2.20. The molecule has 0 heterocycles. The predicted molar refractivity (Wildman–Crippen MR) is 108 cm³/mol. The molecule has 0 spiro atoms. The number of aryl methyl sites for hydroxylation is 2. The smallest absolute Gasteiger partial charge is 0.255 e. The fourth-order valence-corrected chi connectivity index (χ4v) is 4.35. The van der Waals surface area contributed by atoms with Crippen molar-refractivity contribution >= 4 is 37.5 Å². The molecule has 0 aliphatic carbocycles. The van der Waals surface area contributed by atoms with Gasteiger partial charge in [0.15, 0.2) is 0 Å². The van der Waals surface area contributed by atoms with E-state index in [0.717, 1.165) is 10.0 Å². The van der Waals surface area contributed by atoms with Gasteiger partial charge in [0.25, 0.3) is 5.91 Å². The number of benzene rings is 2. The van der Waals surface area contributed by atoms with Gasteiger partial charge in [-0.05, 0) is 76.1 Å². The molecule has 2 aromatic rings. The van der Waals surface area contributed by atoms with E-state index >= 15 is 0 Å². The molecule has 5 nitrogen and oxygen atoms in total. The maximum atomic E-state index is 12.7. The van der Waals surface area contributed by atoms with E-state index in [1.807, 2.05) is 19.1 Å². The summed E-state index contributed by atoms with van der Waals surface area (Å²) in [5.74, 6) is -0.347. The summed E-state index contributed by atoms with van der Waals surface area (Å²) in [5.41, 5.74) is 2.00. The van der Waals surface area contributed by atoms with Gasteiger partial charge >= 0.3 is 0 Å². The third kappa shape index (κ3) is 5.16. The van der Waals surface area contributed by atoms with Crippen molar-refractivity contribution in [3.05, 3.63) is 57.6 Å². The van der Waals surface area contributed by atoms with Gasteiger partial charge in [-0.3, -0.25) is 4.79 Å². The van der Waals surface area contributed by atoms with E-state index in [1.165, 1.54) is 12.1 Å². The van der Waals surface area contributed by atoms with Crippen LogP contribution in [0.2, 0.25) is 0 Å². The highest BCUT2D eigenvalue weighted by Gasteiger charge is 2.23. The van der Waals surface area contributed by atoms with Crippen LogP contribution in [0.25, 0.3) is 0 Å². The number of amides is 1. The first-order valence-corrected chi connectivity index (χ1v) is 10.4. The van der Waals surface area contributed by atoms with Gasteiger partial charge in [0.05, 0.1) is 4.90 Å². The maximum absolute atomic E-state index is 12.7. The van der Waals surface area contributed by atoms with Gasteiger partial charge in [0.2, 0.25) is 10.0 Å². The number of nitrogens with one attached hydrogen (secondary N) is 2. The highest BCUT2D eigenvalue weighted by molar-refractivity contribution is 9.10. The molecule has 2 N–H and O–H groups in total. The molecule has 7 heteroatoms. The van der Waals surface area contributed by atoms with Crippen LogP contribution in [-0.2, 0) is 10.0 Å². The van der Waals surface area contributed by atoms with Crippen molar-refractivity contribution in [1.29, 1.82) is 0 Å². The average molecular weight is 439 g/mol. The van der Waals surface area contributed by atoms with Crippen molar-refractivity contribution in [2.45, 2.75) is 45.1 Å². The van der Waals surface area contributed by atoms with E-state index in [1.54, 1.807) is 39.8 Å². The van der Waals surface area contributed by atoms with Crippen LogP contribution in [0.3, 0.4) is 0 Å². The Balaban J connectivity index is 2.36. The van der Waals surface area contributed by atoms with Gasteiger partial charge in [0.1, 0.15) is 0 Å². The van der Waals surface area contributed by atoms with E-state index in [0.29, 0.717) is 16.8 Å². The Morgan fingerprint density at radius 2 is 1.65 bits per heavy atom. The molecule has 0 aliphatic heterocycles. The molecule has 1 amide bonds. The Bertz CT molecular complexity index is 948. The zero-order valence-electron chi connectivity index (χ0n) is 15.5. The fraction of sp³-hybridized carbons (Fsp3) is 0.316. The second kappa shape index (κ2) is 7.50. The van der Waals surface area contributed by atoms with Crippen molar-refractivity contribution < 1.29 is 13.2 Å². The van der Waals surface area contributed by atoms with Crippen molar-refractivity contribution in [2.24, 2.45) is 0 Å². The van der Waals surface area contributed by atoms with Gasteiger partial charge in [0, 0.05) is 21.3 Å². The van der Waals surface area contributed by atoms with Gasteiger partial charge in [-0.2, -0.15) is 0 Å². The average Bonchev–Trinajstić information content (AvgIpc) is 2.47. The van der Waals surface area contributed by atoms with Crippen molar-refractivity contribution in [3.63, 3.8) is 0 Å². The number of anilines is 1. The molecule has 0 atom stereocenters. The topological polar surface area (TPSA) is 75.3 Å². The molecule has 0 saturated heterocycles. The molecule has 0 saturated carbocycles. The molecule has 0 aliphatic rings.